The van der Waals surface area contributed by atoms with Gasteiger partial charge >= 0.3 is 0 Å². The monoisotopic (exact) mass is 248 g/mol. The molecule has 6 heteroatoms. The lowest BCUT2D eigenvalue weighted by Crippen LogP contribution is -2.04. The quantitative estimate of drug-likeness (QED) is 0.805. The SMILES string of the molecule is CS(=O)c1nc(N)cc(Nc2ccccc2)n1. The molecule has 2 aromatic rings. The summed E-state index contributed by atoms with van der Waals surface area (Å²) < 4.78 is 11.3. The number of nitrogen functional groups attached to an aromatic ring is 1. The summed E-state index contributed by atoms with van der Waals surface area (Å²) in [5, 5.41) is 3.30. The minimum absolute atomic E-state index is 0.225. The zero-order valence-electron chi connectivity index (χ0n) is 9.25. The van der Waals surface area contributed by atoms with Crippen LogP contribution in [0.5, 0.6) is 0 Å². The van der Waals surface area contributed by atoms with Crippen molar-refractivity contribution in [3.05, 3.63) is 36.4 Å². The summed E-state index contributed by atoms with van der Waals surface area (Å²) in [6.45, 7) is 0. The molecule has 1 heterocycles. The molecule has 1 aromatic heterocycles. The Morgan fingerprint density at radius 3 is 2.59 bits per heavy atom. The van der Waals surface area contributed by atoms with Crippen LogP contribution in [0.4, 0.5) is 17.3 Å². The van der Waals surface area contributed by atoms with Crippen molar-refractivity contribution in [2.45, 2.75) is 5.16 Å². The largest absolute Gasteiger partial charge is 0.383 e. The third kappa shape index (κ3) is 3.01. The fraction of sp³-hybridized carbons (Fsp3) is 0.0909. The molecule has 0 aliphatic rings. The molecule has 2 rings (SSSR count). The number of anilines is 3. The van der Waals surface area contributed by atoms with E-state index in [-0.39, 0.29) is 5.16 Å². The van der Waals surface area contributed by atoms with Gasteiger partial charge in [0.15, 0.2) is 0 Å². The van der Waals surface area contributed by atoms with Crippen molar-refractivity contribution in [3.8, 4) is 0 Å². The van der Waals surface area contributed by atoms with E-state index >= 15 is 0 Å². The summed E-state index contributed by atoms with van der Waals surface area (Å²) in [7, 11) is -1.25. The maximum Gasteiger partial charge on any atom is 0.222 e. The second-order valence-corrected chi connectivity index (χ2v) is 4.68. The molecule has 1 aromatic carbocycles. The lowest BCUT2D eigenvalue weighted by Gasteiger charge is -2.06. The van der Waals surface area contributed by atoms with Crippen LogP contribution in [0.3, 0.4) is 0 Å². The zero-order valence-corrected chi connectivity index (χ0v) is 10.1. The molecule has 0 aliphatic carbocycles. The molecule has 1 unspecified atom stereocenters. The molecule has 17 heavy (non-hydrogen) atoms. The lowest BCUT2D eigenvalue weighted by molar-refractivity contribution is 0.680. The van der Waals surface area contributed by atoms with E-state index in [4.69, 9.17) is 5.73 Å². The van der Waals surface area contributed by atoms with Crippen LogP contribution in [-0.4, -0.2) is 20.4 Å². The van der Waals surface area contributed by atoms with Crippen LogP contribution >= 0.6 is 0 Å². The number of hydrogen-bond acceptors (Lipinski definition) is 5. The van der Waals surface area contributed by atoms with Crippen LogP contribution in [0.1, 0.15) is 0 Å². The molecule has 0 spiro atoms. The number of nitrogens with two attached hydrogens (primary N) is 1. The van der Waals surface area contributed by atoms with E-state index in [0.29, 0.717) is 11.6 Å². The average Bonchev–Trinajstić information content (AvgIpc) is 2.29. The van der Waals surface area contributed by atoms with Gasteiger partial charge in [0.25, 0.3) is 0 Å². The molecule has 0 saturated heterocycles. The van der Waals surface area contributed by atoms with E-state index in [2.05, 4.69) is 15.3 Å². The molecule has 0 fully saturated rings. The number of hydrogen-bond donors (Lipinski definition) is 2. The fourth-order valence-electron chi connectivity index (χ4n) is 1.31. The minimum atomic E-state index is -1.25. The Morgan fingerprint density at radius 1 is 1.24 bits per heavy atom. The molecule has 0 saturated carbocycles. The Hall–Kier alpha value is -1.95. The van der Waals surface area contributed by atoms with Crippen molar-refractivity contribution in [3.63, 3.8) is 0 Å². The van der Waals surface area contributed by atoms with Gasteiger partial charge < -0.3 is 11.1 Å². The highest BCUT2D eigenvalue weighted by Crippen LogP contribution is 2.16. The summed E-state index contributed by atoms with van der Waals surface area (Å²) in [6.07, 6.45) is 1.51. The Labute approximate surface area is 102 Å². The van der Waals surface area contributed by atoms with Crippen molar-refractivity contribution in [2.75, 3.05) is 17.3 Å². The van der Waals surface area contributed by atoms with Crippen LogP contribution in [0.25, 0.3) is 0 Å². The van der Waals surface area contributed by atoms with Crippen molar-refractivity contribution >= 4 is 28.1 Å². The van der Waals surface area contributed by atoms with Crippen molar-refractivity contribution in [1.82, 2.24) is 9.97 Å². The molecule has 3 N–H and O–H groups in total. The molecule has 0 bridgehead atoms. The normalized spacial score (nSPS) is 12.1. The van der Waals surface area contributed by atoms with Crippen molar-refractivity contribution in [2.24, 2.45) is 0 Å². The topological polar surface area (TPSA) is 80.9 Å². The van der Waals surface area contributed by atoms with Gasteiger partial charge in [-0.3, -0.25) is 4.21 Å². The van der Waals surface area contributed by atoms with E-state index in [1.165, 1.54) is 6.26 Å². The summed E-state index contributed by atoms with van der Waals surface area (Å²) in [5.74, 6) is 0.831. The molecule has 0 amide bonds. The van der Waals surface area contributed by atoms with Gasteiger partial charge in [0.05, 0.1) is 10.8 Å². The predicted octanol–water partition coefficient (Wildman–Crippen LogP) is 1.54. The first-order valence-electron chi connectivity index (χ1n) is 4.95. The smallest absolute Gasteiger partial charge is 0.222 e. The summed E-state index contributed by atoms with van der Waals surface area (Å²) in [5.41, 5.74) is 6.51. The van der Waals surface area contributed by atoms with E-state index in [1.54, 1.807) is 6.07 Å². The van der Waals surface area contributed by atoms with Gasteiger partial charge in [-0.1, -0.05) is 18.2 Å². The Morgan fingerprint density at radius 2 is 1.94 bits per heavy atom. The molecular weight excluding hydrogens is 236 g/mol. The summed E-state index contributed by atoms with van der Waals surface area (Å²) >= 11 is 0. The second kappa shape index (κ2) is 4.92. The molecule has 0 aliphatic heterocycles. The molecule has 1 atom stereocenters. The molecular formula is C11H12N4OS. The standard InChI is InChI=1S/C11H12N4OS/c1-17(16)11-14-9(12)7-10(15-11)13-8-5-3-2-4-6-8/h2-7H,1H3,(H3,12,13,14,15). The second-order valence-electron chi connectivity index (χ2n) is 3.41. The number of nitrogens with one attached hydrogen (secondary N) is 1. The van der Waals surface area contributed by atoms with E-state index in [1.807, 2.05) is 30.3 Å². The van der Waals surface area contributed by atoms with E-state index < -0.39 is 10.8 Å². The number of benzene rings is 1. The van der Waals surface area contributed by atoms with Crippen LogP contribution in [0.2, 0.25) is 0 Å². The third-order valence-corrected chi connectivity index (χ3v) is 2.73. The van der Waals surface area contributed by atoms with Gasteiger partial charge in [-0.15, -0.1) is 0 Å². The Bertz CT molecular complexity index is 544. The van der Waals surface area contributed by atoms with Gasteiger partial charge in [0.2, 0.25) is 5.16 Å². The van der Waals surface area contributed by atoms with Gasteiger partial charge in [-0.25, -0.2) is 9.97 Å². The van der Waals surface area contributed by atoms with Crippen LogP contribution < -0.4 is 11.1 Å². The number of para-hydroxylation sites is 1. The summed E-state index contributed by atoms with van der Waals surface area (Å²) in [4.78, 5) is 8.03. The van der Waals surface area contributed by atoms with Crippen LogP contribution in [0, 0.1) is 0 Å². The first-order valence-corrected chi connectivity index (χ1v) is 6.51. The number of rotatable bonds is 3. The predicted molar refractivity (Wildman–Crippen MR) is 68.5 cm³/mol. The van der Waals surface area contributed by atoms with Gasteiger partial charge in [-0.05, 0) is 12.1 Å². The molecule has 5 nitrogen and oxygen atoms in total. The van der Waals surface area contributed by atoms with Gasteiger partial charge in [0.1, 0.15) is 11.6 Å². The zero-order chi connectivity index (χ0) is 12.3. The highest BCUT2D eigenvalue weighted by Gasteiger charge is 2.05. The van der Waals surface area contributed by atoms with Crippen molar-refractivity contribution < 1.29 is 4.21 Å². The van der Waals surface area contributed by atoms with Gasteiger partial charge in [-0.2, -0.15) is 0 Å². The maximum absolute atomic E-state index is 11.3. The van der Waals surface area contributed by atoms with Crippen LogP contribution in [0.15, 0.2) is 41.6 Å². The van der Waals surface area contributed by atoms with E-state index in [9.17, 15) is 4.21 Å². The minimum Gasteiger partial charge on any atom is -0.383 e. The average molecular weight is 248 g/mol. The molecule has 88 valence electrons. The Kier molecular flexibility index (Phi) is 3.34. The first kappa shape index (κ1) is 11.5. The summed E-state index contributed by atoms with van der Waals surface area (Å²) in [6, 6.07) is 11.1. The number of aromatic nitrogens is 2. The van der Waals surface area contributed by atoms with Crippen molar-refractivity contribution in [1.29, 1.82) is 0 Å². The highest BCUT2D eigenvalue weighted by molar-refractivity contribution is 7.84. The highest BCUT2D eigenvalue weighted by atomic mass is 32.2. The third-order valence-electron chi connectivity index (χ3n) is 2.03. The number of nitrogens with zero attached hydrogens (tertiary/aromatic N) is 2. The van der Waals surface area contributed by atoms with Gasteiger partial charge in [0, 0.05) is 18.0 Å². The van der Waals surface area contributed by atoms with Crippen LogP contribution in [-0.2, 0) is 10.8 Å². The molecule has 0 radical (unpaired) electrons. The lowest BCUT2D eigenvalue weighted by atomic mass is 10.3. The Balaban J connectivity index is 2.30. The van der Waals surface area contributed by atoms with E-state index in [0.717, 1.165) is 5.69 Å². The first-order chi connectivity index (χ1) is 8.15. The maximum atomic E-state index is 11.3. The fourth-order valence-corrected chi connectivity index (χ4v) is 1.77.